The molecule has 0 bridgehead atoms. The van der Waals surface area contributed by atoms with Crippen LogP contribution in [0.2, 0.25) is 0 Å². The average Bonchev–Trinajstić information content (AvgIpc) is 3.51. The molecule has 3 aliphatic heterocycles. The highest BCUT2D eigenvalue weighted by Gasteiger charge is 2.43. The fourth-order valence-corrected chi connectivity index (χ4v) is 5.06. The van der Waals surface area contributed by atoms with Crippen molar-refractivity contribution in [2.75, 3.05) is 25.4 Å². The van der Waals surface area contributed by atoms with Gasteiger partial charge in [-0.05, 0) is 47.0 Å². The number of aliphatic hydroxyl groups excluding tert-OH is 1. The monoisotopic (exact) mass is 491 g/mol. The Morgan fingerprint density at radius 2 is 1.83 bits per heavy atom. The molecule has 0 radical (unpaired) electrons. The molecule has 0 spiro atoms. The number of halogens is 1. The normalized spacial score (nSPS) is 17.7. The van der Waals surface area contributed by atoms with Gasteiger partial charge in [-0.2, -0.15) is 0 Å². The molecule has 3 heterocycles. The number of benzene rings is 3. The molecular weight excluding hydrogens is 469 g/mol. The van der Waals surface area contributed by atoms with E-state index in [1.54, 1.807) is 24.3 Å². The SMILES string of the molecule is COc1cc(C2C3=C(COC3=O)N(Cc3ccc(F)cc3)c3cc4c(cc32)OCO4)cc(CO)c1O. The summed E-state index contributed by atoms with van der Waals surface area (Å²) < 4.78 is 35.7. The summed E-state index contributed by atoms with van der Waals surface area (Å²) in [5, 5.41) is 20.3. The van der Waals surface area contributed by atoms with Gasteiger partial charge in [-0.25, -0.2) is 9.18 Å². The van der Waals surface area contributed by atoms with Crippen molar-refractivity contribution in [2.45, 2.75) is 19.1 Å². The Hall–Kier alpha value is -4.24. The minimum absolute atomic E-state index is 0.0712. The van der Waals surface area contributed by atoms with Gasteiger partial charge in [-0.1, -0.05) is 12.1 Å². The van der Waals surface area contributed by atoms with E-state index in [0.29, 0.717) is 34.9 Å². The van der Waals surface area contributed by atoms with Crippen molar-refractivity contribution in [3.63, 3.8) is 0 Å². The minimum atomic E-state index is -0.580. The van der Waals surface area contributed by atoms with Crippen molar-refractivity contribution in [3.05, 3.63) is 87.9 Å². The maximum atomic E-state index is 13.5. The number of methoxy groups -OCH3 is 1. The summed E-state index contributed by atoms with van der Waals surface area (Å²) in [5.41, 5.74) is 4.42. The molecule has 0 fully saturated rings. The number of hydrogen-bond acceptors (Lipinski definition) is 8. The summed E-state index contributed by atoms with van der Waals surface area (Å²) in [6.07, 6.45) is 0. The highest BCUT2D eigenvalue weighted by atomic mass is 19.1. The van der Waals surface area contributed by atoms with Crippen molar-refractivity contribution in [2.24, 2.45) is 0 Å². The fraction of sp³-hybridized carbons (Fsp3) is 0.222. The molecule has 36 heavy (non-hydrogen) atoms. The van der Waals surface area contributed by atoms with Gasteiger partial charge in [0.1, 0.15) is 12.4 Å². The lowest BCUT2D eigenvalue weighted by Crippen LogP contribution is -2.31. The predicted molar refractivity (Wildman–Crippen MR) is 126 cm³/mol. The van der Waals surface area contributed by atoms with Crippen LogP contribution in [0.4, 0.5) is 10.1 Å². The summed E-state index contributed by atoms with van der Waals surface area (Å²) in [6, 6.07) is 13.2. The van der Waals surface area contributed by atoms with Crippen LogP contribution in [0.1, 0.15) is 28.2 Å². The maximum absolute atomic E-state index is 13.5. The van der Waals surface area contributed by atoms with Gasteiger partial charge in [-0.15, -0.1) is 0 Å². The van der Waals surface area contributed by atoms with E-state index in [4.69, 9.17) is 18.9 Å². The lowest BCUT2D eigenvalue weighted by atomic mass is 9.79. The number of carbonyl (C=O) groups is 1. The standard InChI is InChI=1S/C27H22FNO7/c1-33-23-7-15(6-16(11-30)26(23)31)24-18-8-21-22(36-13-35-21)9-19(18)29(20-12-34-27(32)25(20)24)10-14-2-4-17(28)5-3-14/h2-9,24,30-31H,10-13H2,1H3. The molecule has 0 amide bonds. The van der Waals surface area contributed by atoms with Crippen LogP contribution in [0.15, 0.2) is 59.8 Å². The first-order valence-corrected chi connectivity index (χ1v) is 11.3. The Morgan fingerprint density at radius 3 is 2.56 bits per heavy atom. The van der Waals surface area contributed by atoms with Gasteiger partial charge in [0, 0.05) is 29.8 Å². The number of fused-ring (bicyclic) bond motifs is 2. The number of hydrogen-bond donors (Lipinski definition) is 2. The molecule has 3 aromatic carbocycles. The van der Waals surface area contributed by atoms with Crippen molar-refractivity contribution in [3.8, 4) is 23.0 Å². The van der Waals surface area contributed by atoms with Gasteiger partial charge < -0.3 is 34.1 Å². The van der Waals surface area contributed by atoms with E-state index in [9.17, 15) is 19.4 Å². The molecule has 0 aliphatic carbocycles. The van der Waals surface area contributed by atoms with Crippen LogP contribution in [0.25, 0.3) is 0 Å². The van der Waals surface area contributed by atoms with Gasteiger partial charge in [-0.3, -0.25) is 0 Å². The molecule has 3 aliphatic rings. The van der Waals surface area contributed by atoms with E-state index < -0.39 is 18.5 Å². The Bertz CT molecular complexity index is 1390. The predicted octanol–water partition coefficient (Wildman–Crippen LogP) is 3.72. The van der Waals surface area contributed by atoms with E-state index in [1.165, 1.54) is 19.2 Å². The highest BCUT2D eigenvalue weighted by Crippen LogP contribution is 2.52. The van der Waals surface area contributed by atoms with Gasteiger partial charge in [0.05, 0.1) is 25.0 Å². The number of cyclic esters (lactones) is 1. The number of rotatable bonds is 5. The van der Waals surface area contributed by atoms with E-state index >= 15 is 0 Å². The number of ether oxygens (including phenoxy) is 4. The summed E-state index contributed by atoms with van der Waals surface area (Å²) in [7, 11) is 1.42. The third-order valence-corrected chi connectivity index (χ3v) is 6.76. The quantitative estimate of drug-likeness (QED) is 0.522. The van der Waals surface area contributed by atoms with E-state index in [0.717, 1.165) is 16.8 Å². The van der Waals surface area contributed by atoms with Gasteiger partial charge >= 0.3 is 5.97 Å². The molecule has 3 aromatic rings. The third kappa shape index (κ3) is 3.43. The first-order chi connectivity index (χ1) is 17.5. The second kappa shape index (κ2) is 8.46. The van der Waals surface area contributed by atoms with Crippen LogP contribution in [0.5, 0.6) is 23.0 Å². The Morgan fingerprint density at radius 1 is 1.08 bits per heavy atom. The lowest BCUT2D eigenvalue weighted by molar-refractivity contribution is -0.136. The smallest absolute Gasteiger partial charge is 0.337 e. The first kappa shape index (κ1) is 22.2. The van der Waals surface area contributed by atoms with Crippen LogP contribution in [-0.4, -0.2) is 36.7 Å². The Kier molecular flexibility index (Phi) is 5.22. The van der Waals surface area contributed by atoms with Crippen LogP contribution in [0, 0.1) is 5.82 Å². The zero-order valence-electron chi connectivity index (χ0n) is 19.3. The van der Waals surface area contributed by atoms with Crippen LogP contribution < -0.4 is 19.1 Å². The van der Waals surface area contributed by atoms with Crippen molar-refractivity contribution in [1.29, 1.82) is 0 Å². The largest absolute Gasteiger partial charge is 0.504 e. The van der Waals surface area contributed by atoms with Crippen molar-refractivity contribution >= 4 is 11.7 Å². The summed E-state index contributed by atoms with van der Waals surface area (Å²) >= 11 is 0. The summed E-state index contributed by atoms with van der Waals surface area (Å²) in [6.45, 7) is 0.110. The molecular formula is C27H22FNO7. The molecule has 0 aromatic heterocycles. The van der Waals surface area contributed by atoms with E-state index in [1.807, 2.05) is 17.0 Å². The molecule has 2 N–H and O–H groups in total. The van der Waals surface area contributed by atoms with Gasteiger partial charge in [0.15, 0.2) is 23.0 Å². The number of anilines is 1. The fourth-order valence-electron chi connectivity index (χ4n) is 5.06. The van der Waals surface area contributed by atoms with Crippen LogP contribution in [0.3, 0.4) is 0 Å². The lowest BCUT2D eigenvalue weighted by Gasteiger charge is -2.36. The molecule has 8 nitrogen and oxygen atoms in total. The zero-order chi connectivity index (χ0) is 25.0. The number of esters is 1. The second-order valence-corrected chi connectivity index (χ2v) is 8.74. The number of aliphatic hydroxyl groups is 1. The maximum Gasteiger partial charge on any atom is 0.337 e. The summed E-state index contributed by atoms with van der Waals surface area (Å²) in [5.74, 6) is -0.229. The molecule has 6 rings (SSSR count). The van der Waals surface area contributed by atoms with Crippen molar-refractivity contribution in [1.82, 2.24) is 0 Å². The van der Waals surface area contributed by atoms with E-state index in [2.05, 4.69) is 0 Å². The number of phenols is 1. The second-order valence-electron chi connectivity index (χ2n) is 8.74. The highest BCUT2D eigenvalue weighted by molar-refractivity contribution is 5.98. The van der Waals surface area contributed by atoms with E-state index in [-0.39, 0.29) is 36.3 Å². The molecule has 1 unspecified atom stereocenters. The van der Waals surface area contributed by atoms with Gasteiger partial charge in [0.25, 0.3) is 0 Å². The van der Waals surface area contributed by atoms with Gasteiger partial charge in [0.2, 0.25) is 6.79 Å². The Balaban J connectivity index is 1.58. The summed E-state index contributed by atoms with van der Waals surface area (Å²) in [4.78, 5) is 15.1. The topological polar surface area (TPSA) is 97.7 Å². The zero-order valence-corrected chi connectivity index (χ0v) is 19.3. The molecule has 0 saturated heterocycles. The number of carbonyl (C=O) groups excluding carboxylic acids is 1. The van der Waals surface area contributed by atoms with Crippen LogP contribution in [-0.2, 0) is 22.7 Å². The molecule has 9 heteroatoms. The number of aromatic hydroxyl groups is 1. The minimum Gasteiger partial charge on any atom is -0.504 e. The molecule has 1 atom stereocenters. The van der Waals surface area contributed by atoms with Crippen molar-refractivity contribution < 1.29 is 38.3 Å². The Labute approximate surface area is 205 Å². The first-order valence-electron chi connectivity index (χ1n) is 11.3. The third-order valence-electron chi connectivity index (χ3n) is 6.76. The molecule has 184 valence electrons. The van der Waals surface area contributed by atoms with Crippen LogP contribution >= 0.6 is 0 Å². The average molecular weight is 491 g/mol. The molecule has 0 saturated carbocycles. The number of nitrogens with zero attached hydrogens (tertiary/aromatic N) is 1.